The van der Waals surface area contributed by atoms with Gasteiger partial charge in [0.2, 0.25) is 0 Å². The summed E-state index contributed by atoms with van der Waals surface area (Å²) in [4.78, 5) is 0. The molecule has 0 unspecified atom stereocenters. The van der Waals surface area contributed by atoms with Crippen molar-refractivity contribution in [1.82, 2.24) is 0 Å². The summed E-state index contributed by atoms with van der Waals surface area (Å²) in [6, 6.07) is 0. The van der Waals surface area contributed by atoms with Crippen LogP contribution in [0.1, 0.15) is 72.6 Å². The summed E-state index contributed by atoms with van der Waals surface area (Å²) in [7, 11) is -11.1. The Morgan fingerprint density at radius 1 is 0.515 bits per heavy atom. The first-order valence-electron chi connectivity index (χ1n) is 10.6. The molecular formula is C18H44O12S3. The quantitative estimate of drug-likeness (QED) is 0.180. The van der Waals surface area contributed by atoms with Crippen LogP contribution in [0.2, 0.25) is 0 Å². The number of hydrogen-bond acceptors (Lipinski definition) is 9. The molecule has 0 aromatic rings. The molecular weight excluding hydrogens is 504 g/mol. The Morgan fingerprint density at radius 2 is 0.727 bits per heavy atom. The van der Waals surface area contributed by atoms with E-state index in [0.717, 1.165) is 19.3 Å². The van der Waals surface area contributed by atoms with Crippen LogP contribution in [0, 0.1) is 5.41 Å². The van der Waals surface area contributed by atoms with E-state index in [1.165, 1.54) is 0 Å². The van der Waals surface area contributed by atoms with E-state index in [0.29, 0.717) is 25.7 Å². The fraction of sp³-hybridized carbons (Fsp3) is 1.00. The van der Waals surface area contributed by atoms with E-state index in [2.05, 4.69) is 0 Å². The molecule has 0 heterocycles. The van der Waals surface area contributed by atoms with E-state index in [9.17, 15) is 25.3 Å². The van der Waals surface area contributed by atoms with Crippen molar-refractivity contribution in [3.05, 3.63) is 0 Å². The number of aliphatic hydroxyl groups is 3. The summed E-state index contributed by atoms with van der Waals surface area (Å²) in [5.74, 6) is -0.323. The molecule has 0 bridgehead atoms. The minimum atomic E-state index is -3.69. The molecule has 0 saturated carbocycles. The third kappa shape index (κ3) is 39.1. The maximum absolute atomic E-state index is 9.95. The van der Waals surface area contributed by atoms with Crippen molar-refractivity contribution >= 4 is 30.4 Å². The van der Waals surface area contributed by atoms with Gasteiger partial charge in [0, 0.05) is 5.41 Å². The van der Waals surface area contributed by atoms with E-state index in [4.69, 9.17) is 29.0 Å². The highest BCUT2D eigenvalue weighted by molar-refractivity contribution is 7.86. The van der Waals surface area contributed by atoms with Gasteiger partial charge in [0.1, 0.15) is 0 Å². The molecule has 0 aliphatic carbocycles. The van der Waals surface area contributed by atoms with Gasteiger partial charge >= 0.3 is 0 Å². The summed E-state index contributed by atoms with van der Waals surface area (Å²) in [5.41, 5.74) is -0.667. The Balaban J connectivity index is -0.000000170. The SMILES string of the molecule is CCC(CO)(CO)CO.CCCCS(=O)(=O)O.CCCCS(=O)(=O)O.CCCCS(=O)(=O)O. The van der Waals surface area contributed by atoms with Gasteiger partial charge in [-0.15, -0.1) is 0 Å². The second-order valence-electron chi connectivity index (χ2n) is 7.25. The molecule has 206 valence electrons. The monoisotopic (exact) mass is 548 g/mol. The molecule has 0 aromatic heterocycles. The van der Waals surface area contributed by atoms with Crippen molar-refractivity contribution in [3.63, 3.8) is 0 Å². The van der Waals surface area contributed by atoms with Crippen LogP contribution < -0.4 is 0 Å². The summed E-state index contributed by atoms with van der Waals surface area (Å²) in [6.45, 7) is 6.95. The van der Waals surface area contributed by atoms with Crippen LogP contribution in [0.3, 0.4) is 0 Å². The Bertz CT molecular complexity index is 625. The molecule has 12 nitrogen and oxygen atoms in total. The fourth-order valence-electron chi connectivity index (χ4n) is 1.47. The van der Waals surface area contributed by atoms with Gasteiger partial charge in [0.05, 0.1) is 37.1 Å². The molecule has 0 fully saturated rings. The molecule has 0 aromatic carbocycles. The van der Waals surface area contributed by atoms with Gasteiger partial charge in [-0.25, -0.2) is 0 Å². The van der Waals surface area contributed by atoms with Gasteiger partial charge < -0.3 is 15.3 Å². The van der Waals surface area contributed by atoms with Crippen LogP contribution in [0.4, 0.5) is 0 Å². The third-order valence-corrected chi connectivity index (χ3v) is 6.44. The van der Waals surface area contributed by atoms with Gasteiger partial charge in [-0.1, -0.05) is 47.0 Å². The highest BCUT2D eigenvalue weighted by atomic mass is 32.2. The number of aliphatic hydroxyl groups excluding tert-OH is 3. The minimum absolute atomic E-state index is 0.108. The molecule has 0 amide bonds. The average Bonchev–Trinajstić information content (AvgIpc) is 2.71. The molecule has 6 N–H and O–H groups in total. The number of hydrogen-bond donors (Lipinski definition) is 6. The highest BCUT2D eigenvalue weighted by Gasteiger charge is 2.24. The lowest BCUT2D eigenvalue weighted by molar-refractivity contribution is 0.00304. The lowest BCUT2D eigenvalue weighted by Gasteiger charge is -2.24. The maximum atomic E-state index is 9.95. The molecule has 15 heteroatoms. The van der Waals surface area contributed by atoms with Gasteiger partial charge in [0.15, 0.2) is 0 Å². The Kier molecular flexibility index (Phi) is 26.7. The van der Waals surface area contributed by atoms with Gasteiger partial charge in [-0.2, -0.15) is 25.3 Å². The normalized spacial score (nSPS) is 11.8. The molecule has 0 radical (unpaired) electrons. The zero-order valence-corrected chi connectivity index (χ0v) is 22.5. The molecule has 0 rings (SSSR count). The second-order valence-corrected chi connectivity index (χ2v) is 12.0. The largest absolute Gasteiger partial charge is 0.396 e. The molecule has 0 aliphatic rings. The van der Waals surface area contributed by atoms with E-state index in [1.807, 2.05) is 27.7 Å². The highest BCUT2D eigenvalue weighted by Crippen LogP contribution is 2.18. The van der Waals surface area contributed by atoms with Crippen molar-refractivity contribution in [3.8, 4) is 0 Å². The Labute approximate surface area is 199 Å². The number of rotatable bonds is 13. The minimum Gasteiger partial charge on any atom is -0.396 e. The lowest BCUT2D eigenvalue weighted by Crippen LogP contribution is -2.32. The summed E-state index contributed by atoms with van der Waals surface area (Å²) < 4.78 is 84.0. The van der Waals surface area contributed by atoms with Crippen LogP contribution >= 0.6 is 0 Å². The van der Waals surface area contributed by atoms with Crippen molar-refractivity contribution in [2.75, 3.05) is 37.1 Å². The summed E-state index contributed by atoms with van der Waals surface area (Å²) in [6.07, 6.45) is 4.59. The molecule has 0 saturated heterocycles. The summed E-state index contributed by atoms with van der Waals surface area (Å²) >= 11 is 0. The van der Waals surface area contributed by atoms with Crippen LogP contribution in [0.25, 0.3) is 0 Å². The van der Waals surface area contributed by atoms with Crippen LogP contribution in [0.15, 0.2) is 0 Å². The zero-order chi connectivity index (χ0) is 27.2. The van der Waals surface area contributed by atoms with Crippen LogP contribution in [-0.2, 0) is 30.4 Å². The van der Waals surface area contributed by atoms with Crippen LogP contribution in [-0.4, -0.2) is 91.3 Å². The number of unbranched alkanes of at least 4 members (excludes halogenated alkanes) is 3. The molecule has 33 heavy (non-hydrogen) atoms. The standard InChI is InChI=1S/C6H14O3.3C4H10O3S/c1-2-6(3-7,4-8)5-9;3*1-2-3-4-8(5,6)7/h7-9H,2-5H2,1H3;3*2-4H2,1H3,(H,5,6,7). The first kappa shape index (κ1) is 39.8. The topological polar surface area (TPSA) is 224 Å². The second kappa shape index (κ2) is 22.1. The smallest absolute Gasteiger partial charge is 0.264 e. The average molecular weight is 549 g/mol. The molecule has 0 aliphatic heterocycles. The van der Waals surface area contributed by atoms with Crippen molar-refractivity contribution in [1.29, 1.82) is 0 Å². The van der Waals surface area contributed by atoms with E-state index >= 15 is 0 Å². The Hall–Kier alpha value is -0.390. The maximum Gasteiger partial charge on any atom is 0.264 e. The van der Waals surface area contributed by atoms with Gasteiger partial charge in [-0.3, -0.25) is 13.7 Å². The van der Waals surface area contributed by atoms with Crippen molar-refractivity contribution in [2.45, 2.75) is 72.6 Å². The summed E-state index contributed by atoms with van der Waals surface area (Å²) in [5, 5.41) is 26.0. The molecule has 0 spiro atoms. The molecule has 0 atom stereocenters. The van der Waals surface area contributed by atoms with Crippen LogP contribution in [0.5, 0.6) is 0 Å². The third-order valence-electron chi connectivity index (χ3n) is 4.02. The lowest BCUT2D eigenvalue weighted by atomic mass is 9.88. The first-order valence-corrected chi connectivity index (χ1v) is 15.4. The van der Waals surface area contributed by atoms with E-state index in [-0.39, 0.29) is 37.1 Å². The Morgan fingerprint density at radius 3 is 0.758 bits per heavy atom. The predicted molar refractivity (Wildman–Crippen MR) is 128 cm³/mol. The van der Waals surface area contributed by atoms with Crippen molar-refractivity contribution < 1.29 is 54.2 Å². The predicted octanol–water partition coefficient (Wildman–Crippen LogP) is 1.38. The van der Waals surface area contributed by atoms with Gasteiger partial charge in [0.25, 0.3) is 30.4 Å². The van der Waals surface area contributed by atoms with Gasteiger partial charge in [-0.05, 0) is 25.7 Å². The van der Waals surface area contributed by atoms with Crippen molar-refractivity contribution in [2.24, 2.45) is 5.41 Å². The van der Waals surface area contributed by atoms with E-state index in [1.54, 1.807) is 0 Å². The fourth-order valence-corrected chi connectivity index (χ4v) is 3.43. The zero-order valence-electron chi connectivity index (χ0n) is 20.0. The first-order chi connectivity index (χ1) is 14.9. The van der Waals surface area contributed by atoms with E-state index < -0.39 is 35.8 Å².